The van der Waals surface area contributed by atoms with Crippen LogP contribution in [-0.4, -0.2) is 48.8 Å². The summed E-state index contributed by atoms with van der Waals surface area (Å²) < 4.78 is 6.30. The molecule has 2 N–H and O–H groups in total. The van der Waals surface area contributed by atoms with Gasteiger partial charge < -0.3 is 20.0 Å². The van der Waals surface area contributed by atoms with Crippen molar-refractivity contribution in [1.29, 1.82) is 0 Å². The van der Waals surface area contributed by atoms with Crippen LogP contribution >= 0.6 is 15.9 Å². The summed E-state index contributed by atoms with van der Waals surface area (Å²) in [5.41, 5.74) is 0.582. The predicted octanol–water partition coefficient (Wildman–Crippen LogP) is 1.66. The van der Waals surface area contributed by atoms with Crippen LogP contribution < -0.4 is 10.6 Å². The first-order valence-corrected chi connectivity index (χ1v) is 8.78. The van der Waals surface area contributed by atoms with Crippen LogP contribution in [0.15, 0.2) is 33.2 Å². The van der Waals surface area contributed by atoms with Crippen molar-refractivity contribution in [2.24, 2.45) is 0 Å². The maximum Gasteiger partial charge on any atom is 0.287 e. The zero-order chi connectivity index (χ0) is 18.0. The van der Waals surface area contributed by atoms with E-state index in [1.165, 1.54) is 4.90 Å². The zero-order valence-corrected chi connectivity index (χ0v) is 15.3. The molecule has 1 unspecified atom stereocenters. The van der Waals surface area contributed by atoms with Gasteiger partial charge in [0.15, 0.2) is 5.76 Å². The molecule has 0 aliphatic carbocycles. The van der Waals surface area contributed by atoms with Gasteiger partial charge in [0.2, 0.25) is 11.8 Å². The van der Waals surface area contributed by atoms with E-state index >= 15 is 0 Å². The molecule has 1 aromatic heterocycles. The van der Waals surface area contributed by atoms with E-state index in [9.17, 15) is 14.4 Å². The number of fused-ring (bicyclic) bond motifs is 1. The first-order chi connectivity index (χ1) is 12.0. The van der Waals surface area contributed by atoms with Crippen LogP contribution in [-0.2, 0) is 9.59 Å². The van der Waals surface area contributed by atoms with Gasteiger partial charge in [0, 0.05) is 19.0 Å². The molecule has 3 rings (SSSR count). The number of furan rings is 1. The summed E-state index contributed by atoms with van der Waals surface area (Å²) in [7, 11) is 1.55. The average molecular weight is 408 g/mol. The van der Waals surface area contributed by atoms with Crippen molar-refractivity contribution >= 4 is 44.6 Å². The number of hydrogen-bond acceptors (Lipinski definition) is 4. The molecule has 0 spiro atoms. The second-order valence-electron chi connectivity index (χ2n) is 5.81. The summed E-state index contributed by atoms with van der Waals surface area (Å²) in [4.78, 5) is 37.9. The number of carbonyl (C=O) groups is 3. The van der Waals surface area contributed by atoms with Crippen molar-refractivity contribution in [3.8, 4) is 0 Å². The van der Waals surface area contributed by atoms with Gasteiger partial charge in [-0.2, -0.15) is 0 Å². The third kappa shape index (κ3) is 3.53. The quantitative estimate of drug-likeness (QED) is 0.805. The summed E-state index contributed by atoms with van der Waals surface area (Å²) >= 11 is 3.37. The highest BCUT2D eigenvalue weighted by Gasteiger charge is 2.33. The number of amides is 3. The van der Waals surface area contributed by atoms with Crippen molar-refractivity contribution in [2.75, 3.05) is 20.1 Å². The minimum atomic E-state index is -0.466. The number of halogens is 1. The van der Waals surface area contributed by atoms with Crippen molar-refractivity contribution < 1.29 is 18.8 Å². The molecule has 7 nitrogen and oxygen atoms in total. The van der Waals surface area contributed by atoms with Gasteiger partial charge in [0.05, 0.1) is 11.0 Å². The van der Waals surface area contributed by atoms with E-state index in [-0.39, 0.29) is 24.1 Å². The molecule has 1 aliphatic rings. The van der Waals surface area contributed by atoms with E-state index in [0.717, 1.165) is 16.3 Å². The minimum Gasteiger partial charge on any atom is -0.450 e. The van der Waals surface area contributed by atoms with Crippen LogP contribution in [0.4, 0.5) is 0 Å². The number of hydrogen-bond donors (Lipinski definition) is 2. The van der Waals surface area contributed by atoms with E-state index < -0.39 is 11.9 Å². The first-order valence-electron chi connectivity index (χ1n) is 7.98. The van der Waals surface area contributed by atoms with Crippen LogP contribution in [0.2, 0.25) is 0 Å². The van der Waals surface area contributed by atoms with Crippen molar-refractivity contribution in [3.63, 3.8) is 0 Å². The number of benzene rings is 1. The molecule has 1 aromatic carbocycles. The van der Waals surface area contributed by atoms with Crippen LogP contribution in [0.5, 0.6) is 0 Å². The van der Waals surface area contributed by atoms with Crippen LogP contribution in [0.25, 0.3) is 11.0 Å². The Morgan fingerprint density at radius 1 is 1.36 bits per heavy atom. The average Bonchev–Trinajstić information content (AvgIpc) is 3.26. The monoisotopic (exact) mass is 407 g/mol. The van der Waals surface area contributed by atoms with E-state index in [1.54, 1.807) is 13.1 Å². The summed E-state index contributed by atoms with van der Waals surface area (Å²) in [6.45, 7) is 0.342. The Kier molecular flexibility index (Phi) is 5.08. The molecule has 1 atom stereocenters. The lowest BCUT2D eigenvalue weighted by atomic mass is 10.2. The summed E-state index contributed by atoms with van der Waals surface area (Å²) in [6.07, 6.45) is 1.41. The fourth-order valence-electron chi connectivity index (χ4n) is 2.99. The number of carbonyl (C=O) groups excluding carboxylic acids is 3. The summed E-state index contributed by atoms with van der Waals surface area (Å²) in [5, 5.41) is 5.92. The van der Waals surface area contributed by atoms with E-state index in [0.29, 0.717) is 18.5 Å². The maximum absolute atomic E-state index is 12.3. The Hall–Kier alpha value is -2.35. The van der Waals surface area contributed by atoms with Crippen LogP contribution in [0.1, 0.15) is 23.4 Å². The van der Waals surface area contributed by atoms with E-state index in [1.807, 2.05) is 18.2 Å². The fourth-order valence-corrected chi connectivity index (χ4v) is 3.45. The molecule has 3 amide bonds. The topological polar surface area (TPSA) is 91.7 Å². The molecule has 1 fully saturated rings. The highest BCUT2D eigenvalue weighted by Crippen LogP contribution is 2.26. The van der Waals surface area contributed by atoms with Gasteiger partial charge >= 0.3 is 0 Å². The van der Waals surface area contributed by atoms with E-state index in [2.05, 4.69) is 26.6 Å². The number of likely N-dealkylation sites (N-methyl/N-ethyl adjacent to an activating group) is 1. The largest absolute Gasteiger partial charge is 0.450 e. The Balaban J connectivity index is 1.64. The smallest absolute Gasteiger partial charge is 0.287 e. The molecular weight excluding hydrogens is 390 g/mol. The number of para-hydroxylation sites is 1. The molecule has 1 aliphatic heterocycles. The fraction of sp³-hybridized carbons (Fsp3) is 0.353. The van der Waals surface area contributed by atoms with Gasteiger partial charge in [-0.3, -0.25) is 14.4 Å². The Morgan fingerprint density at radius 2 is 2.16 bits per heavy atom. The number of nitrogens with zero attached hydrogens (tertiary/aromatic N) is 1. The second-order valence-corrected chi connectivity index (χ2v) is 6.67. The lowest BCUT2D eigenvalue weighted by molar-refractivity contribution is -0.137. The second kappa shape index (κ2) is 7.26. The van der Waals surface area contributed by atoms with Gasteiger partial charge in [0.1, 0.15) is 11.6 Å². The van der Waals surface area contributed by atoms with Gasteiger partial charge in [-0.25, -0.2) is 0 Å². The number of nitrogens with one attached hydrogen (secondary N) is 2. The molecule has 0 bridgehead atoms. The predicted molar refractivity (Wildman–Crippen MR) is 95.0 cm³/mol. The normalized spacial score (nSPS) is 16.9. The molecule has 0 radical (unpaired) electrons. The SMILES string of the molecule is CNC(=O)C1CCCN1C(=O)CNC(=O)c1cc2cccc(Br)c2o1. The molecular formula is C17H18BrN3O4. The molecule has 1 saturated heterocycles. The Labute approximate surface area is 152 Å². The third-order valence-electron chi connectivity index (χ3n) is 4.24. The molecule has 2 heterocycles. The molecule has 0 saturated carbocycles. The van der Waals surface area contributed by atoms with Gasteiger partial charge in [-0.15, -0.1) is 0 Å². The molecule has 25 heavy (non-hydrogen) atoms. The molecule has 2 aromatic rings. The highest BCUT2D eigenvalue weighted by atomic mass is 79.9. The lowest BCUT2D eigenvalue weighted by Crippen LogP contribution is -2.48. The van der Waals surface area contributed by atoms with Gasteiger partial charge in [-0.05, 0) is 40.9 Å². The van der Waals surface area contributed by atoms with Gasteiger partial charge in [0.25, 0.3) is 5.91 Å². The summed E-state index contributed by atoms with van der Waals surface area (Å²) in [6, 6.07) is 6.67. The van der Waals surface area contributed by atoms with Crippen molar-refractivity contribution in [1.82, 2.24) is 15.5 Å². The molecule has 8 heteroatoms. The Morgan fingerprint density at radius 3 is 2.88 bits per heavy atom. The standard InChI is InChI=1S/C17H18BrN3O4/c1-19-16(23)12-6-3-7-21(12)14(22)9-20-17(24)13-8-10-4-2-5-11(18)15(10)25-13/h2,4-5,8,12H,3,6-7,9H2,1H3,(H,19,23)(H,20,24). The number of rotatable bonds is 4. The zero-order valence-electron chi connectivity index (χ0n) is 13.7. The Bertz CT molecular complexity index is 832. The van der Waals surface area contributed by atoms with Crippen LogP contribution in [0.3, 0.4) is 0 Å². The van der Waals surface area contributed by atoms with Gasteiger partial charge in [-0.1, -0.05) is 12.1 Å². The summed E-state index contributed by atoms with van der Waals surface area (Å²) in [5.74, 6) is -0.790. The lowest BCUT2D eigenvalue weighted by Gasteiger charge is -2.23. The van der Waals surface area contributed by atoms with Crippen molar-refractivity contribution in [2.45, 2.75) is 18.9 Å². The maximum atomic E-state index is 12.3. The molecule has 132 valence electrons. The highest BCUT2D eigenvalue weighted by molar-refractivity contribution is 9.10. The minimum absolute atomic E-state index is 0.138. The first kappa shape index (κ1) is 17.5. The number of likely N-dealkylation sites (tertiary alicyclic amines) is 1. The third-order valence-corrected chi connectivity index (χ3v) is 4.87. The van der Waals surface area contributed by atoms with Crippen LogP contribution in [0, 0.1) is 0 Å². The van der Waals surface area contributed by atoms with E-state index in [4.69, 9.17) is 4.42 Å². The van der Waals surface area contributed by atoms with Crippen molar-refractivity contribution in [3.05, 3.63) is 34.5 Å².